The monoisotopic (exact) mass is 393 g/mol. The Labute approximate surface area is 141 Å². The third-order valence-corrected chi connectivity index (χ3v) is 3.49. The molecular formula is C15H12F9NO. The second kappa shape index (κ2) is 6.36. The van der Waals surface area contributed by atoms with Crippen LogP contribution < -0.4 is 0 Å². The Morgan fingerprint density at radius 1 is 0.962 bits per heavy atom. The largest absolute Gasteiger partial charge is 0.425 e. The first-order valence-corrected chi connectivity index (χ1v) is 7.06. The van der Waals surface area contributed by atoms with Gasteiger partial charge in [-0.3, -0.25) is 0 Å². The van der Waals surface area contributed by atoms with Crippen molar-refractivity contribution in [1.82, 2.24) is 4.57 Å². The number of para-hydroxylation sites is 1. The van der Waals surface area contributed by atoms with Crippen molar-refractivity contribution in [3.05, 3.63) is 36.5 Å². The van der Waals surface area contributed by atoms with E-state index in [9.17, 15) is 35.1 Å². The molecule has 0 N–H and O–H groups in total. The number of alkyl halides is 9. The molecule has 0 bridgehead atoms. The number of nitrogens with zero attached hydrogens (tertiary/aromatic N) is 1. The minimum Gasteiger partial charge on any atom is -0.310 e. The van der Waals surface area contributed by atoms with Crippen molar-refractivity contribution in [2.45, 2.75) is 37.1 Å². The molecule has 0 fully saturated rings. The first kappa shape index (κ1) is 20.4. The van der Waals surface area contributed by atoms with Gasteiger partial charge in [0.2, 0.25) is 0 Å². The molecule has 0 saturated heterocycles. The van der Waals surface area contributed by atoms with Crippen molar-refractivity contribution in [2.24, 2.45) is 0 Å². The van der Waals surface area contributed by atoms with E-state index in [4.69, 9.17) is 0 Å². The predicted octanol–water partition coefficient (Wildman–Crippen LogP) is 5.43. The third-order valence-electron chi connectivity index (χ3n) is 3.49. The minimum atomic E-state index is -6.05. The quantitative estimate of drug-likeness (QED) is 0.597. The SMILES string of the molecule is CC(F)(F)COC(F)(F)C(F)(C(F)C(F)(F)F)n1ccc2ccccc21. The Hall–Kier alpha value is -1.91. The molecule has 2 unspecified atom stereocenters. The topological polar surface area (TPSA) is 14.2 Å². The van der Waals surface area contributed by atoms with E-state index in [0.717, 1.165) is 12.1 Å². The summed E-state index contributed by atoms with van der Waals surface area (Å²) in [5, 5.41) is 0.0283. The van der Waals surface area contributed by atoms with Crippen LogP contribution in [0.5, 0.6) is 0 Å². The van der Waals surface area contributed by atoms with Crippen LogP contribution in [0.4, 0.5) is 39.5 Å². The van der Waals surface area contributed by atoms with Crippen LogP contribution >= 0.6 is 0 Å². The Morgan fingerprint density at radius 2 is 1.54 bits per heavy atom. The Balaban J connectivity index is 2.63. The van der Waals surface area contributed by atoms with Gasteiger partial charge in [0.25, 0.3) is 12.1 Å². The molecule has 146 valence electrons. The highest BCUT2D eigenvalue weighted by molar-refractivity contribution is 5.80. The maximum Gasteiger partial charge on any atom is 0.425 e. The van der Waals surface area contributed by atoms with E-state index < -0.39 is 42.3 Å². The number of benzene rings is 1. The minimum absolute atomic E-state index is 0.0283. The van der Waals surface area contributed by atoms with Crippen molar-refractivity contribution in [1.29, 1.82) is 0 Å². The van der Waals surface area contributed by atoms with Gasteiger partial charge in [0.1, 0.15) is 6.61 Å². The summed E-state index contributed by atoms with van der Waals surface area (Å²) in [6.07, 6.45) is -15.9. The van der Waals surface area contributed by atoms with Crippen molar-refractivity contribution in [2.75, 3.05) is 6.61 Å². The lowest BCUT2D eigenvalue weighted by Gasteiger charge is -2.37. The molecule has 0 aliphatic rings. The molecule has 0 saturated carbocycles. The summed E-state index contributed by atoms with van der Waals surface area (Å²) >= 11 is 0. The molecule has 1 heterocycles. The number of rotatable bonds is 6. The lowest BCUT2D eigenvalue weighted by Crippen LogP contribution is -2.59. The molecule has 26 heavy (non-hydrogen) atoms. The van der Waals surface area contributed by atoms with Gasteiger partial charge in [-0.05, 0) is 17.5 Å². The zero-order valence-electron chi connectivity index (χ0n) is 13.0. The first-order valence-electron chi connectivity index (χ1n) is 7.06. The van der Waals surface area contributed by atoms with Gasteiger partial charge >= 0.3 is 18.1 Å². The van der Waals surface area contributed by atoms with Crippen LogP contribution in [0.1, 0.15) is 6.92 Å². The number of hydrogen-bond acceptors (Lipinski definition) is 1. The predicted molar refractivity (Wildman–Crippen MR) is 73.5 cm³/mol. The standard InChI is InChI=1S/C15H12F9NO/c1-12(17,18)8-26-15(23,24)13(19,11(16)14(20,21)22)25-7-6-9-4-2-3-5-10(9)25/h2-7,11H,8H2,1H3. The van der Waals surface area contributed by atoms with Crippen LogP contribution in [0.15, 0.2) is 36.5 Å². The zero-order valence-corrected chi connectivity index (χ0v) is 13.0. The smallest absolute Gasteiger partial charge is 0.310 e. The highest BCUT2D eigenvalue weighted by atomic mass is 19.4. The molecule has 0 aliphatic heterocycles. The summed E-state index contributed by atoms with van der Waals surface area (Å²) in [6.45, 7) is -1.99. The van der Waals surface area contributed by atoms with Crippen molar-refractivity contribution in [3.63, 3.8) is 0 Å². The van der Waals surface area contributed by atoms with Gasteiger partial charge in [-0.2, -0.15) is 22.0 Å². The van der Waals surface area contributed by atoms with Gasteiger partial charge in [0, 0.05) is 13.1 Å². The molecule has 2 atom stereocenters. The lowest BCUT2D eigenvalue weighted by atomic mass is 10.1. The summed E-state index contributed by atoms with van der Waals surface area (Å²) in [5.41, 5.74) is -0.506. The maximum atomic E-state index is 15.1. The molecule has 2 nitrogen and oxygen atoms in total. The lowest BCUT2D eigenvalue weighted by molar-refractivity contribution is -0.384. The third kappa shape index (κ3) is 3.62. The molecule has 2 aromatic rings. The van der Waals surface area contributed by atoms with E-state index in [1.165, 1.54) is 18.2 Å². The number of fused-ring (bicyclic) bond motifs is 1. The fourth-order valence-electron chi connectivity index (χ4n) is 2.31. The van der Waals surface area contributed by atoms with Crippen molar-refractivity contribution >= 4 is 10.9 Å². The second-order valence-corrected chi connectivity index (χ2v) is 5.70. The maximum absolute atomic E-state index is 15.1. The second-order valence-electron chi connectivity index (χ2n) is 5.70. The zero-order chi connectivity index (χ0) is 20.0. The van der Waals surface area contributed by atoms with Crippen LogP contribution in [-0.2, 0) is 10.5 Å². The fraction of sp³-hybridized carbons (Fsp3) is 0.467. The molecule has 1 aromatic heterocycles. The van der Waals surface area contributed by atoms with Crippen LogP contribution in [0.25, 0.3) is 10.9 Å². The van der Waals surface area contributed by atoms with E-state index in [-0.39, 0.29) is 16.9 Å². The number of hydrogen-bond donors (Lipinski definition) is 0. The summed E-state index contributed by atoms with van der Waals surface area (Å²) in [4.78, 5) is 0. The number of halogens is 9. The molecule has 0 amide bonds. The Bertz CT molecular complexity index is 764. The normalized spacial score (nSPS) is 17.3. The molecule has 11 heteroatoms. The molecule has 0 spiro atoms. The number of aromatic nitrogens is 1. The summed E-state index contributed by atoms with van der Waals surface area (Å²) < 4.78 is 124. The van der Waals surface area contributed by atoms with Crippen LogP contribution in [0, 0.1) is 0 Å². The average Bonchev–Trinajstić information content (AvgIpc) is 2.94. The van der Waals surface area contributed by atoms with Gasteiger partial charge in [0.05, 0.1) is 5.52 Å². The molecular weight excluding hydrogens is 381 g/mol. The Kier molecular flexibility index (Phi) is 4.99. The first-order chi connectivity index (χ1) is 11.7. The molecule has 2 rings (SSSR count). The highest BCUT2D eigenvalue weighted by Gasteiger charge is 2.71. The van der Waals surface area contributed by atoms with Crippen molar-refractivity contribution in [3.8, 4) is 0 Å². The molecule has 0 radical (unpaired) electrons. The van der Waals surface area contributed by atoms with Crippen LogP contribution in [0.2, 0.25) is 0 Å². The van der Waals surface area contributed by atoms with E-state index >= 15 is 4.39 Å². The summed E-state index contributed by atoms with van der Waals surface area (Å²) in [6, 6.07) is 5.77. The van der Waals surface area contributed by atoms with Crippen LogP contribution in [0.3, 0.4) is 0 Å². The fourth-order valence-corrected chi connectivity index (χ4v) is 2.31. The number of ether oxygens (including phenoxy) is 1. The van der Waals surface area contributed by atoms with Gasteiger partial charge in [0.15, 0.2) is 0 Å². The van der Waals surface area contributed by atoms with Gasteiger partial charge < -0.3 is 9.30 Å². The summed E-state index contributed by atoms with van der Waals surface area (Å²) in [5.74, 6) is -9.06. The van der Waals surface area contributed by atoms with Crippen molar-refractivity contribution < 1.29 is 44.3 Å². The van der Waals surface area contributed by atoms with E-state index in [1.807, 2.05) is 0 Å². The van der Waals surface area contributed by atoms with Gasteiger partial charge in [-0.15, -0.1) is 0 Å². The van der Waals surface area contributed by atoms with E-state index in [0.29, 0.717) is 6.20 Å². The molecule has 1 aromatic carbocycles. The van der Waals surface area contributed by atoms with Gasteiger partial charge in [-0.25, -0.2) is 17.6 Å². The van der Waals surface area contributed by atoms with E-state index in [1.54, 1.807) is 0 Å². The van der Waals surface area contributed by atoms with Crippen LogP contribution in [-0.4, -0.2) is 35.6 Å². The Morgan fingerprint density at radius 3 is 2.08 bits per heavy atom. The molecule has 0 aliphatic carbocycles. The van der Waals surface area contributed by atoms with E-state index in [2.05, 4.69) is 4.74 Å². The van der Waals surface area contributed by atoms with Gasteiger partial charge in [-0.1, -0.05) is 18.2 Å². The highest BCUT2D eigenvalue weighted by Crippen LogP contribution is 2.49. The summed E-state index contributed by atoms with van der Waals surface area (Å²) in [7, 11) is 0. The average molecular weight is 393 g/mol.